The van der Waals surface area contributed by atoms with Gasteiger partial charge in [-0.2, -0.15) is 0 Å². The number of hydrogen-bond acceptors (Lipinski definition) is 3. The number of nitrogens with zero attached hydrogens (tertiary/aromatic N) is 2. The van der Waals surface area contributed by atoms with E-state index in [9.17, 15) is 9.90 Å². The summed E-state index contributed by atoms with van der Waals surface area (Å²) in [5.74, 6) is 0.0637. The van der Waals surface area contributed by atoms with Crippen molar-refractivity contribution in [3.8, 4) is 17.0 Å². The first kappa shape index (κ1) is 15.9. The van der Waals surface area contributed by atoms with Crippen LogP contribution in [-0.2, 0) is 30.7 Å². The average molecular weight is 316 g/mol. The van der Waals surface area contributed by atoms with E-state index in [1.54, 1.807) is 9.36 Å². The lowest BCUT2D eigenvalue weighted by Crippen LogP contribution is -2.23. The fourth-order valence-electron chi connectivity index (χ4n) is 3.47. The Bertz CT molecular complexity index is 761. The largest absolute Gasteiger partial charge is 0.493 e. The minimum Gasteiger partial charge on any atom is -0.493 e. The maximum atomic E-state index is 12.9. The van der Waals surface area contributed by atoms with Gasteiger partial charge in [0, 0.05) is 0 Å². The van der Waals surface area contributed by atoms with Gasteiger partial charge in [0.25, 0.3) is 5.56 Å². The molecule has 0 atom stereocenters. The van der Waals surface area contributed by atoms with Crippen LogP contribution < -0.4 is 5.56 Å². The zero-order valence-corrected chi connectivity index (χ0v) is 14.1. The first-order valence-electron chi connectivity index (χ1n) is 8.31. The highest BCUT2D eigenvalue weighted by atomic mass is 16.5. The Morgan fingerprint density at radius 2 is 1.61 bits per heavy atom. The molecule has 0 bridgehead atoms. The topological polar surface area (TPSA) is 56.4 Å². The first-order valence-corrected chi connectivity index (χ1v) is 8.31. The van der Waals surface area contributed by atoms with E-state index in [0.717, 1.165) is 29.5 Å². The normalized spacial score (nSPS) is 14.6. The monoisotopic (exact) mass is 316 g/mol. The molecular weight excluding hydrogens is 292 g/mol. The number of rotatable bonds is 3. The molecule has 2 heterocycles. The second-order valence-electron chi connectivity index (χ2n) is 6.03. The van der Waals surface area contributed by atoms with E-state index in [1.165, 1.54) is 5.56 Å². The SMILES string of the molecule is CCc1cc(C)cc(CC)c1-c1c(O)n2n(c1=O)CCOCC2. The molecule has 0 amide bonds. The van der Waals surface area contributed by atoms with Crippen molar-refractivity contribution >= 4 is 0 Å². The number of aromatic nitrogens is 2. The highest BCUT2D eigenvalue weighted by Gasteiger charge is 2.25. The fraction of sp³-hybridized carbons (Fsp3) is 0.500. The highest BCUT2D eigenvalue weighted by molar-refractivity contribution is 5.75. The molecule has 0 saturated heterocycles. The van der Waals surface area contributed by atoms with Gasteiger partial charge in [-0.15, -0.1) is 0 Å². The molecule has 0 saturated carbocycles. The summed E-state index contributed by atoms with van der Waals surface area (Å²) in [6, 6.07) is 4.23. The number of aromatic hydroxyl groups is 1. The summed E-state index contributed by atoms with van der Waals surface area (Å²) < 4.78 is 8.67. The molecule has 0 unspecified atom stereocenters. The summed E-state index contributed by atoms with van der Waals surface area (Å²) in [6.45, 7) is 8.22. The third-order valence-corrected chi connectivity index (χ3v) is 4.56. The summed E-state index contributed by atoms with van der Waals surface area (Å²) in [6.07, 6.45) is 1.66. The third-order valence-electron chi connectivity index (χ3n) is 4.56. The molecule has 124 valence electrons. The molecule has 0 fully saturated rings. The van der Waals surface area contributed by atoms with Gasteiger partial charge in [0.1, 0.15) is 5.56 Å². The van der Waals surface area contributed by atoms with Gasteiger partial charge in [-0.1, -0.05) is 31.5 Å². The maximum absolute atomic E-state index is 12.9. The second kappa shape index (κ2) is 6.24. The predicted octanol–water partition coefficient (Wildman–Crippen LogP) is 2.49. The van der Waals surface area contributed by atoms with E-state index in [0.29, 0.717) is 31.9 Å². The number of benzene rings is 1. The van der Waals surface area contributed by atoms with Crippen molar-refractivity contribution in [3.05, 3.63) is 39.2 Å². The Hall–Kier alpha value is -2.01. The van der Waals surface area contributed by atoms with Gasteiger partial charge in [0.2, 0.25) is 5.88 Å². The van der Waals surface area contributed by atoms with Crippen LogP contribution in [-0.4, -0.2) is 27.7 Å². The smallest absolute Gasteiger partial charge is 0.278 e. The van der Waals surface area contributed by atoms with Crippen molar-refractivity contribution in [2.24, 2.45) is 0 Å². The van der Waals surface area contributed by atoms with Crippen LogP contribution in [0.15, 0.2) is 16.9 Å². The van der Waals surface area contributed by atoms with Crippen molar-refractivity contribution < 1.29 is 9.84 Å². The van der Waals surface area contributed by atoms with Gasteiger partial charge in [-0.3, -0.25) is 4.79 Å². The van der Waals surface area contributed by atoms with E-state index < -0.39 is 0 Å². The summed E-state index contributed by atoms with van der Waals surface area (Å²) >= 11 is 0. The lowest BCUT2D eigenvalue weighted by atomic mass is 9.91. The molecule has 0 spiro atoms. The number of aryl methyl sites for hydroxylation is 3. The Kier molecular flexibility index (Phi) is 4.31. The van der Waals surface area contributed by atoms with E-state index in [2.05, 4.69) is 32.9 Å². The lowest BCUT2D eigenvalue weighted by molar-refractivity contribution is 0.137. The third kappa shape index (κ3) is 2.59. The van der Waals surface area contributed by atoms with Gasteiger partial charge in [-0.25, -0.2) is 9.36 Å². The molecule has 1 aromatic heterocycles. The van der Waals surface area contributed by atoms with Crippen LogP contribution in [0.4, 0.5) is 0 Å². The zero-order valence-electron chi connectivity index (χ0n) is 14.1. The van der Waals surface area contributed by atoms with E-state index in [1.807, 2.05) is 0 Å². The fourth-order valence-corrected chi connectivity index (χ4v) is 3.47. The van der Waals surface area contributed by atoms with Crippen LogP contribution in [0.5, 0.6) is 5.88 Å². The molecule has 0 radical (unpaired) electrons. The second-order valence-corrected chi connectivity index (χ2v) is 6.03. The highest BCUT2D eigenvalue weighted by Crippen LogP contribution is 2.34. The number of ether oxygens (including phenoxy) is 1. The molecule has 2 aromatic rings. The molecule has 5 heteroatoms. The molecule has 1 aliphatic rings. The summed E-state index contributed by atoms with van der Waals surface area (Å²) in [4.78, 5) is 12.9. The van der Waals surface area contributed by atoms with Crippen molar-refractivity contribution in [1.82, 2.24) is 9.36 Å². The average Bonchev–Trinajstić information content (AvgIpc) is 2.74. The summed E-state index contributed by atoms with van der Waals surface area (Å²) in [5, 5.41) is 10.7. The molecule has 1 aliphatic heterocycles. The van der Waals surface area contributed by atoms with Gasteiger partial charge in [0.05, 0.1) is 26.3 Å². The minimum absolute atomic E-state index is 0.0637. The number of fused-ring (bicyclic) bond motifs is 1. The van der Waals surface area contributed by atoms with Crippen LogP contribution in [0.3, 0.4) is 0 Å². The van der Waals surface area contributed by atoms with E-state index in [-0.39, 0.29) is 11.4 Å². The molecular formula is C18H24N2O3. The van der Waals surface area contributed by atoms with Crippen LogP contribution in [0.25, 0.3) is 11.1 Å². The van der Waals surface area contributed by atoms with Gasteiger partial charge >= 0.3 is 0 Å². The molecule has 0 aliphatic carbocycles. The van der Waals surface area contributed by atoms with Crippen molar-refractivity contribution in [2.45, 2.75) is 46.7 Å². The lowest BCUT2D eigenvalue weighted by Gasteiger charge is -2.13. The molecule has 23 heavy (non-hydrogen) atoms. The van der Waals surface area contributed by atoms with Gasteiger partial charge in [0.15, 0.2) is 0 Å². The molecule has 1 aromatic carbocycles. The minimum atomic E-state index is -0.124. The Balaban J connectivity index is 2.30. The van der Waals surface area contributed by atoms with Crippen LogP contribution in [0.1, 0.15) is 30.5 Å². The van der Waals surface area contributed by atoms with Crippen LogP contribution in [0.2, 0.25) is 0 Å². The zero-order chi connectivity index (χ0) is 16.6. The van der Waals surface area contributed by atoms with Gasteiger partial charge in [-0.05, 0) is 36.5 Å². The molecule has 3 rings (SSSR count). The Labute approximate surface area is 136 Å². The van der Waals surface area contributed by atoms with Crippen molar-refractivity contribution in [1.29, 1.82) is 0 Å². The number of hydrogen-bond donors (Lipinski definition) is 1. The van der Waals surface area contributed by atoms with Crippen LogP contribution in [0, 0.1) is 6.92 Å². The van der Waals surface area contributed by atoms with Crippen LogP contribution >= 0.6 is 0 Å². The quantitative estimate of drug-likeness (QED) is 0.946. The van der Waals surface area contributed by atoms with Crippen molar-refractivity contribution in [2.75, 3.05) is 13.2 Å². The maximum Gasteiger partial charge on any atom is 0.278 e. The standard InChI is InChI=1S/C18H24N2O3/c1-4-13-10-12(3)11-14(5-2)15(13)16-17(21)19-6-8-23-9-7-20(19)18(16)22/h10-11,21H,4-9H2,1-3H3. The summed E-state index contributed by atoms with van der Waals surface area (Å²) in [7, 11) is 0. The van der Waals surface area contributed by atoms with Crippen molar-refractivity contribution in [3.63, 3.8) is 0 Å². The molecule has 1 N–H and O–H groups in total. The predicted molar refractivity (Wildman–Crippen MR) is 90.1 cm³/mol. The van der Waals surface area contributed by atoms with Gasteiger partial charge < -0.3 is 9.84 Å². The first-order chi connectivity index (χ1) is 11.1. The van der Waals surface area contributed by atoms with E-state index >= 15 is 0 Å². The molecule has 5 nitrogen and oxygen atoms in total. The summed E-state index contributed by atoms with van der Waals surface area (Å²) in [5.41, 5.74) is 4.66. The Morgan fingerprint density at radius 3 is 2.17 bits per heavy atom. The van der Waals surface area contributed by atoms with E-state index in [4.69, 9.17) is 4.74 Å². The Morgan fingerprint density at radius 1 is 1.04 bits per heavy atom.